The standard InChI is InChI=1S/C56H39N7/c1-56(2)45-20-10-9-19-43(45)44-32-31-42(35-46(44)56)55-60-53(40-27-23-36(24-28-40)49-51(38-15-5-3-6-16-38)62-33-13-11-21-47(62)57-49)59-54(61-55)41-29-25-37(26-30-41)50-52(39-17-7-4-8-18-39)63-34-14-12-22-48(63)58-50/h3-35H,1-2H3. The predicted molar refractivity (Wildman–Crippen MR) is 253 cm³/mol. The Morgan fingerprint density at radius 3 is 1.27 bits per heavy atom. The quantitative estimate of drug-likeness (QED) is 0.160. The third-order valence-electron chi connectivity index (χ3n) is 12.5. The molecule has 0 saturated carbocycles. The van der Waals surface area contributed by atoms with Crippen molar-refractivity contribution in [1.82, 2.24) is 33.7 Å². The lowest BCUT2D eigenvalue weighted by atomic mass is 9.82. The zero-order valence-corrected chi connectivity index (χ0v) is 34.7. The van der Waals surface area contributed by atoms with Gasteiger partial charge in [-0.05, 0) is 52.6 Å². The van der Waals surface area contributed by atoms with Gasteiger partial charge in [-0.3, -0.25) is 8.80 Å². The van der Waals surface area contributed by atoms with Gasteiger partial charge >= 0.3 is 0 Å². The molecule has 0 aliphatic heterocycles. The van der Waals surface area contributed by atoms with E-state index in [9.17, 15) is 0 Å². The molecule has 7 nitrogen and oxygen atoms in total. The van der Waals surface area contributed by atoms with Crippen LogP contribution in [0.2, 0.25) is 0 Å². The molecule has 0 unspecified atom stereocenters. The maximum atomic E-state index is 5.20. The number of hydrogen-bond acceptors (Lipinski definition) is 5. The highest BCUT2D eigenvalue weighted by Gasteiger charge is 2.35. The molecule has 0 fully saturated rings. The van der Waals surface area contributed by atoms with Crippen LogP contribution < -0.4 is 0 Å². The fourth-order valence-corrected chi connectivity index (χ4v) is 9.30. The first-order chi connectivity index (χ1) is 31.0. The Labute approximate surface area is 364 Å². The fourth-order valence-electron chi connectivity index (χ4n) is 9.30. The molecule has 5 aromatic heterocycles. The van der Waals surface area contributed by atoms with Crippen LogP contribution in [0, 0.1) is 0 Å². The van der Waals surface area contributed by atoms with Crippen LogP contribution in [0.5, 0.6) is 0 Å². The Morgan fingerprint density at radius 2 is 0.746 bits per heavy atom. The topological polar surface area (TPSA) is 73.3 Å². The summed E-state index contributed by atoms with van der Waals surface area (Å²) in [7, 11) is 0. The van der Waals surface area contributed by atoms with Gasteiger partial charge in [0.15, 0.2) is 17.5 Å². The number of hydrogen-bond donors (Lipinski definition) is 0. The van der Waals surface area contributed by atoms with Crippen molar-refractivity contribution in [1.29, 1.82) is 0 Å². The number of fused-ring (bicyclic) bond motifs is 5. The van der Waals surface area contributed by atoms with Crippen LogP contribution in [0.4, 0.5) is 0 Å². The van der Waals surface area contributed by atoms with E-state index in [1.54, 1.807) is 0 Å². The number of benzene rings is 6. The zero-order chi connectivity index (χ0) is 42.1. The summed E-state index contributed by atoms with van der Waals surface area (Å²) >= 11 is 0. The Hall–Kier alpha value is -8.29. The van der Waals surface area contributed by atoms with Gasteiger partial charge in [0.2, 0.25) is 0 Å². The molecule has 0 radical (unpaired) electrons. The molecule has 11 aromatic rings. The first-order valence-corrected chi connectivity index (χ1v) is 21.3. The van der Waals surface area contributed by atoms with Gasteiger partial charge in [0.05, 0.1) is 22.8 Å². The van der Waals surface area contributed by atoms with Gasteiger partial charge in [-0.1, -0.05) is 172 Å². The van der Waals surface area contributed by atoms with E-state index in [1.807, 2.05) is 48.5 Å². The molecule has 0 N–H and O–H groups in total. The average Bonchev–Trinajstić information content (AvgIpc) is 4.00. The van der Waals surface area contributed by atoms with Gasteiger partial charge in [0.1, 0.15) is 11.3 Å². The summed E-state index contributed by atoms with van der Waals surface area (Å²) in [4.78, 5) is 25.8. The second-order valence-corrected chi connectivity index (χ2v) is 16.6. The first kappa shape index (κ1) is 36.6. The van der Waals surface area contributed by atoms with Crippen LogP contribution in [0.1, 0.15) is 25.0 Å². The molecule has 1 aliphatic carbocycles. The minimum atomic E-state index is -0.167. The molecule has 1 aliphatic rings. The molecule has 0 amide bonds. The molecule has 6 aromatic carbocycles. The molecule has 0 atom stereocenters. The summed E-state index contributed by atoms with van der Waals surface area (Å²) in [6.45, 7) is 4.60. The minimum absolute atomic E-state index is 0.167. The normalized spacial score (nSPS) is 12.7. The summed E-state index contributed by atoms with van der Waals surface area (Å²) in [6, 6.07) is 65.3. The highest BCUT2D eigenvalue weighted by molar-refractivity contribution is 5.86. The highest BCUT2D eigenvalue weighted by Crippen LogP contribution is 2.49. The Bertz CT molecular complexity index is 3330. The van der Waals surface area contributed by atoms with Gasteiger partial charge < -0.3 is 0 Å². The minimum Gasteiger partial charge on any atom is -0.299 e. The number of pyridine rings is 2. The summed E-state index contributed by atoms with van der Waals surface area (Å²) in [5.74, 6) is 1.81. The van der Waals surface area contributed by atoms with Crippen molar-refractivity contribution < 1.29 is 0 Å². The Morgan fingerprint density at radius 1 is 0.333 bits per heavy atom. The van der Waals surface area contributed by atoms with Gasteiger partial charge in [-0.15, -0.1) is 0 Å². The largest absolute Gasteiger partial charge is 0.299 e. The third-order valence-corrected chi connectivity index (χ3v) is 12.5. The summed E-state index contributed by atoms with van der Waals surface area (Å²) in [5, 5.41) is 0. The van der Waals surface area contributed by atoms with E-state index in [-0.39, 0.29) is 5.41 Å². The van der Waals surface area contributed by atoms with Crippen molar-refractivity contribution >= 4 is 11.3 Å². The smallest absolute Gasteiger partial charge is 0.164 e. The van der Waals surface area contributed by atoms with Crippen LogP contribution in [-0.2, 0) is 5.41 Å². The fraction of sp³-hybridized carbons (Fsp3) is 0.0536. The van der Waals surface area contributed by atoms with Gasteiger partial charge in [0, 0.05) is 56.8 Å². The van der Waals surface area contributed by atoms with Crippen LogP contribution in [0.3, 0.4) is 0 Å². The van der Waals surface area contributed by atoms with Crippen LogP contribution in [-0.4, -0.2) is 33.7 Å². The molecule has 298 valence electrons. The lowest BCUT2D eigenvalue weighted by Gasteiger charge is -2.21. The van der Waals surface area contributed by atoms with E-state index in [1.165, 1.54) is 22.3 Å². The lowest BCUT2D eigenvalue weighted by Crippen LogP contribution is -2.15. The molecular formula is C56H39N7. The van der Waals surface area contributed by atoms with E-state index in [4.69, 9.17) is 24.9 Å². The van der Waals surface area contributed by atoms with Crippen molar-refractivity contribution in [3.05, 3.63) is 212 Å². The zero-order valence-electron chi connectivity index (χ0n) is 34.7. The monoisotopic (exact) mass is 809 g/mol. The summed E-state index contributed by atoms with van der Waals surface area (Å²) in [6.07, 6.45) is 4.14. The van der Waals surface area contributed by atoms with E-state index in [2.05, 4.69) is 175 Å². The molecule has 0 spiro atoms. The lowest BCUT2D eigenvalue weighted by molar-refractivity contribution is 0.660. The van der Waals surface area contributed by atoms with E-state index in [0.717, 1.165) is 73.0 Å². The van der Waals surface area contributed by atoms with Crippen LogP contribution in [0.25, 0.3) is 102 Å². The number of imidazole rings is 2. The maximum absolute atomic E-state index is 5.20. The Balaban J connectivity index is 0.976. The first-order valence-electron chi connectivity index (χ1n) is 21.3. The molecule has 0 saturated heterocycles. The molecule has 5 heterocycles. The number of nitrogens with zero attached hydrogens (tertiary/aromatic N) is 7. The van der Waals surface area contributed by atoms with Crippen molar-refractivity contribution in [3.8, 4) is 90.3 Å². The van der Waals surface area contributed by atoms with E-state index >= 15 is 0 Å². The second kappa shape index (κ2) is 14.4. The van der Waals surface area contributed by atoms with Gasteiger partial charge in [-0.2, -0.15) is 0 Å². The molecule has 0 bridgehead atoms. The second-order valence-electron chi connectivity index (χ2n) is 16.6. The van der Waals surface area contributed by atoms with Crippen molar-refractivity contribution in [2.24, 2.45) is 0 Å². The molecule has 63 heavy (non-hydrogen) atoms. The number of aromatic nitrogens is 7. The van der Waals surface area contributed by atoms with Crippen molar-refractivity contribution in [2.45, 2.75) is 19.3 Å². The number of rotatable bonds is 7. The van der Waals surface area contributed by atoms with Crippen LogP contribution in [0.15, 0.2) is 200 Å². The van der Waals surface area contributed by atoms with Crippen LogP contribution >= 0.6 is 0 Å². The molecular weight excluding hydrogens is 771 g/mol. The van der Waals surface area contributed by atoms with E-state index < -0.39 is 0 Å². The van der Waals surface area contributed by atoms with Crippen molar-refractivity contribution in [3.63, 3.8) is 0 Å². The van der Waals surface area contributed by atoms with Gasteiger partial charge in [-0.25, -0.2) is 24.9 Å². The molecule has 12 rings (SSSR count). The van der Waals surface area contributed by atoms with Gasteiger partial charge in [0.25, 0.3) is 0 Å². The third kappa shape index (κ3) is 6.08. The van der Waals surface area contributed by atoms with E-state index in [0.29, 0.717) is 17.5 Å². The van der Waals surface area contributed by atoms with Crippen molar-refractivity contribution in [2.75, 3.05) is 0 Å². The maximum Gasteiger partial charge on any atom is 0.164 e. The predicted octanol–water partition coefficient (Wildman–Crippen LogP) is 13.1. The highest BCUT2D eigenvalue weighted by atomic mass is 15.0. The molecule has 7 heteroatoms. The summed E-state index contributed by atoms with van der Waals surface area (Å²) < 4.78 is 4.31. The SMILES string of the molecule is CC1(C)c2ccccc2-c2ccc(-c3nc(-c4ccc(-c5nc6ccccn6c5-c5ccccc5)cc4)nc(-c4ccc(-c5nc6ccccn6c5-c5ccccc5)cc4)n3)cc21. The summed E-state index contributed by atoms with van der Waals surface area (Å²) in [5.41, 5.74) is 17.6. The average molecular weight is 810 g/mol. The Kier molecular flexibility index (Phi) is 8.37.